The molecule has 7 nitrogen and oxygen atoms in total. The van der Waals surface area contributed by atoms with Crippen molar-refractivity contribution in [2.75, 3.05) is 19.8 Å². The Morgan fingerprint density at radius 3 is 2.71 bits per heavy atom. The third-order valence-corrected chi connectivity index (χ3v) is 5.35. The number of hydrogen-bond donors (Lipinski definition) is 1. The Kier molecular flexibility index (Phi) is 7.07. The minimum Gasteiger partial charge on any atom is -0.376 e. The minimum absolute atomic E-state index is 0.0567. The molecule has 1 saturated heterocycles. The Balaban J connectivity index is 1.30. The number of hydrogen-bond acceptors (Lipinski definition) is 5. The van der Waals surface area contributed by atoms with Gasteiger partial charge in [0, 0.05) is 49.9 Å². The molecule has 1 atom stereocenters. The number of pyridine rings is 1. The Hall–Kier alpha value is -3.03. The molecule has 1 aromatic carbocycles. The zero-order chi connectivity index (χ0) is 21.5. The number of aryl methyl sites for hydroxylation is 1. The molecule has 0 aliphatic carbocycles. The average Bonchev–Trinajstić information content (AvgIpc) is 3.21. The van der Waals surface area contributed by atoms with Crippen LogP contribution in [0.25, 0.3) is 22.4 Å². The lowest BCUT2D eigenvalue weighted by Crippen LogP contribution is -2.30. The molecule has 2 aromatic heterocycles. The van der Waals surface area contributed by atoms with Crippen LogP contribution in [0.2, 0.25) is 0 Å². The number of rotatable bonds is 8. The number of aromatic nitrogens is 3. The van der Waals surface area contributed by atoms with Crippen LogP contribution in [0.4, 0.5) is 0 Å². The quantitative estimate of drug-likeness (QED) is 0.605. The number of amides is 1. The van der Waals surface area contributed by atoms with Crippen LogP contribution in [-0.4, -0.2) is 46.6 Å². The molecule has 0 saturated carbocycles. The van der Waals surface area contributed by atoms with E-state index in [1.807, 2.05) is 54.3 Å². The van der Waals surface area contributed by atoms with E-state index in [1.54, 1.807) is 12.4 Å². The zero-order valence-corrected chi connectivity index (χ0v) is 17.8. The summed E-state index contributed by atoms with van der Waals surface area (Å²) < 4.78 is 12.9. The van der Waals surface area contributed by atoms with E-state index in [1.165, 1.54) is 6.42 Å². The molecule has 1 aliphatic rings. The largest absolute Gasteiger partial charge is 0.376 e. The third kappa shape index (κ3) is 5.77. The summed E-state index contributed by atoms with van der Waals surface area (Å²) in [5.74, 6) is -0.121. The van der Waals surface area contributed by atoms with Crippen LogP contribution in [-0.2, 0) is 27.9 Å². The van der Waals surface area contributed by atoms with Crippen LogP contribution in [0.5, 0.6) is 0 Å². The summed E-state index contributed by atoms with van der Waals surface area (Å²) in [6, 6.07) is 12.0. The van der Waals surface area contributed by atoms with Crippen molar-refractivity contribution < 1.29 is 14.3 Å². The molecule has 3 heterocycles. The predicted molar refractivity (Wildman–Crippen MR) is 118 cm³/mol. The van der Waals surface area contributed by atoms with Crippen LogP contribution in [0.15, 0.2) is 55.0 Å². The van der Waals surface area contributed by atoms with Gasteiger partial charge in [0.15, 0.2) is 0 Å². The summed E-state index contributed by atoms with van der Waals surface area (Å²) >= 11 is 0. The highest BCUT2D eigenvalue weighted by molar-refractivity contribution is 5.80. The van der Waals surface area contributed by atoms with Crippen molar-refractivity contribution >= 4 is 5.91 Å². The second-order valence-electron chi connectivity index (χ2n) is 7.78. The van der Waals surface area contributed by atoms with Crippen molar-refractivity contribution in [2.24, 2.45) is 7.05 Å². The molecular formula is C24H28N4O3. The fourth-order valence-electron chi connectivity index (χ4n) is 3.70. The van der Waals surface area contributed by atoms with Gasteiger partial charge in [0.25, 0.3) is 0 Å². The Morgan fingerprint density at radius 1 is 1.16 bits per heavy atom. The number of nitrogens with one attached hydrogen (secondary N) is 1. The number of nitrogens with zero attached hydrogens (tertiary/aromatic N) is 3. The highest BCUT2D eigenvalue weighted by Gasteiger charge is 2.15. The van der Waals surface area contributed by atoms with E-state index in [2.05, 4.69) is 15.4 Å². The molecule has 162 valence electrons. The summed E-state index contributed by atoms with van der Waals surface area (Å²) in [6.07, 6.45) is 8.98. The second-order valence-corrected chi connectivity index (χ2v) is 7.78. The first kappa shape index (κ1) is 21.2. The predicted octanol–water partition coefficient (Wildman–Crippen LogP) is 3.35. The molecule has 0 unspecified atom stereocenters. The van der Waals surface area contributed by atoms with Crippen LogP contribution in [0, 0.1) is 0 Å². The smallest absolute Gasteiger partial charge is 0.246 e. The van der Waals surface area contributed by atoms with Crippen molar-refractivity contribution in [1.82, 2.24) is 20.1 Å². The van der Waals surface area contributed by atoms with Gasteiger partial charge in [0.2, 0.25) is 5.91 Å². The molecular weight excluding hydrogens is 392 g/mol. The number of carbonyl (C=O) groups excluding carboxylic acids is 1. The summed E-state index contributed by atoms with van der Waals surface area (Å²) in [4.78, 5) is 16.1. The lowest BCUT2D eigenvalue weighted by atomic mass is 10.0. The van der Waals surface area contributed by atoms with E-state index in [-0.39, 0.29) is 18.6 Å². The van der Waals surface area contributed by atoms with E-state index < -0.39 is 0 Å². The van der Waals surface area contributed by atoms with Crippen molar-refractivity contribution in [3.8, 4) is 22.4 Å². The monoisotopic (exact) mass is 420 g/mol. The molecule has 1 amide bonds. The molecule has 0 radical (unpaired) electrons. The van der Waals surface area contributed by atoms with Gasteiger partial charge in [-0.25, -0.2) is 0 Å². The van der Waals surface area contributed by atoms with Crippen LogP contribution in [0.1, 0.15) is 24.8 Å². The molecule has 0 bridgehead atoms. The molecule has 0 spiro atoms. The van der Waals surface area contributed by atoms with Gasteiger partial charge in [0.1, 0.15) is 12.3 Å². The topological polar surface area (TPSA) is 78.3 Å². The lowest BCUT2D eigenvalue weighted by Gasteiger charge is -2.22. The maximum atomic E-state index is 12.1. The number of ether oxygens (including phenoxy) is 2. The second kappa shape index (κ2) is 10.3. The first-order chi connectivity index (χ1) is 15.2. The van der Waals surface area contributed by atoms with Gasteiger partial charge in [-0.1, -0.05) is 24.3 Å². The van der Waals surface area contributed by atoms with E-state index >= 15 is 0 Å². The molecule has 31 heavy (non-hydrogen) atoms. The average molecular weight is 421 g/mol. The standard InChI is InChI=1S/C24H28N4O3/c1-28-15-22(19-9-11-25-12-10-19)24(27-28)20-7-5-18(6-8-20)14-26-23(29)17-30-16-21-4-2-3-13-31-21/h5-12,15,21H,2-4,13-14,16-17H2,1H3,(H,26,29)/t21-/m0/s1. The molecule has 3 aromatic rings. The van der Waals surface area contributed by atoms with Gasteiger partial charge < -0.3 is 14.8 Å². The Bertz CT molecular complexity index is 980. The highest BCUT2D eigenvalue weighted by atomic mass is 16.5. The minimum atomic E-state index is -0.121. The highest BCUT2D eigenvalue weighted by Crippen LogP contribution is 2.30. The number of benzene rings is 1. The van der Waals surface area contributed by atoms with Gasteiger partial charge in [-0.2, -0.15) is 5.10 Å². The fourth-order valence-corrected chi connectivity index (χ4v) is 3.70. The maximum absolute atomic E-state index is 12.1. The summed E-state index contributed by atoms with van der Waals surface area (Å²) in [6.45, 7) is 1.79. The Labute approximate surface area is 182 Å². The normalized spacial score (nSPS) is 16.2. The van der Waals surface area contributed by atoms with Crippen molar-refractivity contribution in [3.63, 3.8) is 0 Å². The Morgan fingerprint density at radius 2 is 1.97 bits per heavy atom. The first-order valence-corrected chi connectivity index (χ1v) is 10.7. The first-order valence-electron chi connectivity index (χ1n) is 10.7. The fraction of sp³-hybridized carbons (Fsp3) is 0.375. The van der Waals surface area contributed by atoms with Gasteiger partial charge in [0.05, 0.1) is 12.7 Å². The maximum Gasteiger partial charge on any atom is 0.246 e. The van der Waals surface area contributed by atoms with Crippen LogP contribution >= 0.6 is 0 Å². The zero-order valence-electron chi connectivity index (χ0n) is 17.8. The summed E-state index contributed by atoms with van der Waals surface area (Å²) in [5.41, 5.74) is 5.10. The van der Waals surface area contributed by atoms with Crippen molar-refractivity contribution in [1.29, 1.82) is 0 Å². The molecule has 4 rings (SSSR count). The SMILES string of the molecule is Cn1cc(-c2ccncc2)c(-c2ccc(CNC(=O)COC[C@@H]3CCCCO3)cc2)n1. The van der Waals surface area contributed by atoms with E-state index in [0.717, 1.165) is 47.4 Å². The van der Waals surface area contributed by atoms with Crippen molar-refractivity contribution in [3.05, 3.63) is 60.6 Å². The van der Waals surface area contributed by atoms with E-state index in [4.69, 9.17) is 9.47 Å². The van der Waals surface area contributed by atoms with Crippen LogP contribution in [0.3, 0.4) is 0 Å². The number of carbonyl (C=O) groups is 1. The molecule has 7 heteroatoms. The van der Waals surface area contributed by atoms with Crippen LogP contribution < -0.4 is 5.32 Å². The third-order valence-electron chi connectivity index (χ3n) is 5.35. The van der Waals surface area contributed by atoms with E-state index in [0.29, 0.717) is 13.2 Å². The molecule has 1 aliphatic heterocycles. The van der Waals surface area contributed by atoms with E-state index in [9.17, 15) is 4.79 Å². The van der Waals surface area contributed by atoms with Gasteiger partial charge >= 0.3 is 0 Å². The summed E-state index contributed by atoms with van der Waals surface area (Å²) in [7, 11) is 1.92. The van der Waals surface area contributed by atoms with Gasteiger partial charge in [-0.15, -0.1) is 0 Å². The molecule has 1 fully saturated rings. The van der Waals surface area contributed by atoms with Gasteiger partial charge in [-0.3, -0.25) is 14.5 Å². The summed E-state index contributed by atoms with van der Waals surface area (Å²) in [5, 5.41) is 7.54. The van der Waals surface area contributed by atoms with Gasteiger partial charge in [-0.05, 0) is 42.5 Å². The molecule has 1 N–H and O–H groups in total. The lowest BCUT2D eigenvalue weighted by molar-refractivity contribution is -0.128. The van der Waals surface area contributed by atoms with Crippen molar-refractivity contribution in [2.45, 2.75) is 31.9 Å².